The van der Waals surface area contributed by atoms with Gasteiger partial charge in [-0.05, 0) is 18.6 Å². The van der Waals surface area contributed by atoms with Crippen LogP contribution in [0.3, 0.4) is 0 Å². The van der Waals surface area contributed by atoms with Crippen LogP contribution in [0.5, 0.6) is 0 Å². The fourth-order valence-electron chi connectivity index (χ4n) is 1.25. The van der Waals surface area contributed by atoms with Crippen molar-refractivity contribution in [1.29, 1.82) is 0 Å². The van der Waals surface area contributed by atoms with Gasteiger partial charge in [0.25, 0.3) is 0 Å². The first-order valence-electron chi connectivity index (χ1n) is 4.81. The molecule has 0 aliphatic rings. The zero-order chi connectivity index (χ0) is 11.3. The summed E-state index contributed by atoms with van der Waals surface area (Å²) in [4.78, 5) is 0. The lowest BCUT2D eigenvalue weighted by molar-refractivity contribution is 0.517. The van der Waals surface area contributed by atoms with Gasteiger partial charge in [0.2, 0.25) is 0 Å². The Morgan fingerprint density at radius 2 is 2.00 bits per heavy atom. The highest BCUT2D eigenvalue weighted by Gasteiger charge is 2.09. The van der Waals surface area contributed by atoms with E-state index in [2.05, 4.69) is 11.2 Å². The molecule has 3 heteroatoms. The highest BCUT2D eigenvalue weighted by atomic mass is 19.1. The first-order valence-corrected chi connectivity index (χ1v) is 4.81. The molecule has 1 unspecified atom stereocenters. The Balaban J connectivity index is 2.69. The van der Waals surface area contributed by atoms with Crippen LogP contribution in [0.2, 0.25) is 0 Å². The molecule has 0 spiro atoms. The van der Waals surface area contributed by atoms with E-state index >= 15 is 0 Å². The quantitative estimate of drug-likeness (QED) is 0.751. The second-order valence-electron chi connectivity index (χ2n) is 3.21. The van der Waals surface area contributed by atoms with E-state index in [1.807, 2.05) is 6.92 Å². The molecule has 0 amide bonds. The standard InChI is InChI=1S/C12H13F2N/c1-3-9(4-2)15-8-10-11(13)6-5-7-12(10)14/h1,5-7,9,15H,4,8H2,2H3. The second kappa shape index (κ2) is 5.47. The second-order valence-corrected chi connectivity index (χ2v) is 3.21. The van der Waals surface area contributed by atoms with Gasteiger partial charge in [-0.1, -0.05) is 18.9 Å². The van der Waals surface area contributed by atoms with Crippen molar-refractivity contribution in [2.24, 2.45) is 0 Å². The van der Waals surface area contributed by atoms with Crippen molar-refractivity contribution in [2.75, 3.05) is 0 Å². The molecule has 0 aliphatic carbocycles. The third kappa shape index (κ3) is 3.03. The predicted molar refractivity (Wildman–Crippen MR) is 56.1 cm³/mol. The van der Waals surface area contributed by atoms with Gasteiger partial charge in [0.1, 0.15) is 11.6 Å². The summed E-state index contributed by atoms with van der Waals surface area (Å²) in [5.74, 6) is 1.41. The van der Waals surface area contributed by atoms with Crippen LogP contribution in [0.1, 0.15) is 18.9 Å². The maximum atomic E-state index is 13.2. The van der Waals surface area contributed by atoms with Crippen LogP contribution in [0.15, 0.2) is 18.2 Å². The molecular formula is C12H13F2N. The Hall–Kier alpha value is -1.40. The van der Waals surface area contributed by atoms with Crippen LogP contribution in [-0.4, -0.2) is 6.04 Å². The van der Waals surface area contributed by atoms with Crippen LogP contribution in [-0.2, 0) is 6.54 Å². The molecule has 0 aromatic heterocycles. The number of hydrogen-bond donors (Lipinski definition) is 1. The summed E-state index contributed by atoms with van der Waals surface area (Å²) in [6.07, 6.45) is 5.95. The first-order chi connectivity index (χ1) is 7.19. The van der Waals surface area contributed by atoms with Gasteiger partial charge >= 0.3 is 0 Å². The van der Waals surface area contributed by atoms with Crippen LogP contribution < -0.4 is 5.32 Å². The molecule has 1 nitrogen and oxygen atoms in total. The fraction of sp³-hybridized carbons (Fsp3) is 0.333. The van der Waals surface area contributed by atoms with Gasteiger partial charge in [-0.15, -0.1) is 6.42 Å². The van der Waals surface area contributed by atoms with Crippen molar-refractivity contribution < 1.29 is 8.78 Å². The normalized spacial score (nSPS) is 12.1. The van der Waals surface area contributed by atoms with Gasteiger partial charge in [0.05, 0.1) is 6.04 Å². The molecule has 0 saturated carbocycles. The number of terminal acetylenes is 1. The summed E-state index contributed by atoms with van der Waals surface area (Å²) in [5, 5.41) is 2.90. The fourth-order valence-corrected chi connectivity index (χ4v) is 1.25. The van der Waals surface area contributed by atoms with Gasteiger partial charge in [-0.3, -0.25) is 5.32 Å². The van der Waals surface area contributed by atoms with Crippen LogP contribution in [0.25, 0.3) is 0 Å². The lowest BCUT2D eigenvalue weighted by atomic mass is 10.1. The first kappa shape index (κ1) is 11.7. The summed E-state index contributed by atoms with van der Waals surface area (Å²) >= 11 is 0. The Labute approximate surface area is 88.5 Å². The van der Waals surface area contributed by atoms with E-state index in [1.54, 1.807) is 0 Å². The van der Waals surface area contributed by atoms with Gasteiger partial charge in [-0.2, -0.15) is 0 Å². The van der Waals surface area contributed by atoms with E-state index in [1.165, 1.54) is 18.2 Å². The van der Waals surface area contributed by atoms with Crippen LogP contribution in [0, 0.1) is 24.0 Å². The van der Waals surface area contributed by atoms with E-state index < -0.39 is 11.6 Å². The van der Waals surface area contributed by atoms with Crippen molar-refractivity contribution in [1.82, 2.24) is 5.32 Å². The molecule has 1 rings (SSSR count). The number of rotatable bonds is 4. The SMILES string of the molecule is C#CC(CC)NCc1c(F)cccc1F. The zero-order valence-corrected chi connectivity index (χ0v) is 8.56. The highest BCUT2D eigenvalue weighted by Crippen LogP contribution is 2.11. The molecule has 0 bridgehead atoms. The predicted octanol–water partition coefficient (Wildman–Crippen LogP) is 2.47. The number of nitrogens with one attached hydrogen (secondary N) is 1. The Kier molecular flexibility index (Phi) is 4.26. The van der Waals surface area contributed by atoms with Crippen molar-refractivity contribution in [3.8, 4) is 12.3 Å². The number of halogens is 2. The van der Waals surface area contributed by atoms with Gasteiger partial charge in [0.15, 0.2) is 0 Å². The maximum absolute atomic E-state index is 13.2. The molecule has 1 atom stereocenters. The average Bonchev–Trinajstić information content (AvgIpc) is 2.23. The average molecular weight is 209 g/mol. The molecular weight excluding hydrogens is 196 g/mol. The van der Waals surface area contributed by atoms with E-state index in [0.717, 1.165) is 6.42 Å². The molecule has 0 radical (unpaired) electrons. The van der Waals surface area contributed by atoms with Gasteiger partial charge in [0, 0.05) is 12.1 Å². The molecule has 0 saturated heterocycles. The molecule has 0 heterocycles. The number of hydrogen-bond acceptors (Lipinski definition) is 1. The van der Waals surface area contributed by atoms with Crippen LogP contribution in [0.4, 0.5) is 8.78 Å². The summed E-state index contributed by atoms with van der Waals surface area (Å²) in [7, 11) is 0. The highest BCUT2D eigenvalue weighted by molar-refractivity contribution is 5.19. The monoisotopic (exact) mass is 209 g/mol. The smallest absolute Gasteiger partial charge is 0.130 e. The number of benzene rings is 1. The summed E-state index contributed by atoms with van der Waals surface area (Å²) < 4.78 is 26.4. The Bertz CT molecular complexity index is 348. The molecule has 1 aromatic carbocycles. The Morgan fingerprint density at radius 3 is 2.47 bits per heavy atom. The van der Waals surface area contributed by atoms with E-state index in [-0.39, 0.29) is 18.2 Å². The molecule has 0 aliphatic heterocycles. The van der Waals surface area contributed by atoms with E-state index in [9.17, 15) is 8.78 Å². The largest absolute Gasteiger partial charge is 0.299 e. The van der Waals surface area contributed by atoms with Gasteiger partial charge in [-0.25, -0.2) is 8.78 Å². The van der Waals surface area contributed by atoms with Crippen LogP contribution >= 0.6 is 0 Å². The van der Waals surface area contributed by atoms with Crippen molar-refractivity contribution >= 4 is 0 Å². The summed E-state index contributed by atoms with van der Waals surface area (Å²) in [6, 6.07) is 3.66. The maximum Gasteiger partial charge on any atom is 0.130 e. The minimum atomic E-state index is -0.547. The lowest BCUT2D eigenvalue weighted by Crippen LogP contribution is -2.27. The molecule has 0 fully saturated rings. The van der Waals surface area contributed by atoms with Crippen molar-refractivity contribution in [3.05, 3.63) is 35.4 Å². The van der Waals surface area contributed by atoms with E-state index in [0.29, 0.717) is 0 Å². The van der Waals surface area contributed by atoms with Crippen molar-refractivity contribution in [3.63, 3.8) is 0 Å². The zero-order valence-electron chi connectivity index (χ0n) is 8.56. The third-order valence-corrected chi connectivity index (χ3v) is 2.20. The molecule has 15 heavy (non-hydrogen) atoms. The minimum absolute atomic E-state index is 0.0335. The molecule has 80 valence electrons. The molecule has 1 N–H and O–H groups in total. The summed E-state index contributed by atoms with van der Waals surface area (Å²) in [6.45, 7) is 2.02. The molecule has 1 aromatic rings. The van der Waals surface area contributed by atoms with Gasteiger partial charge < -0.3 is 0 Å². The van der Waals surface area contributed by atoms with E-state index in [4.69, 9.17) is 6.42 Å². The lowest BCUT2D eigenvalue weighted by Gasteiger charge is -2.11. The third-order valence-electron chi connectivity index (χ3n) is 2.20. The Morgan fingerprint density at radius 1 is 1.40 bits per heavy atom. The summed E-state index contributed by atoms with van der Waals surface area (Å²) in [5.41, 5.74) is 0.0335. The minimum Gasteiger partial charge on any atom is -0.299 e. The van der Waals surface area contributed by atoms with Crippen molar-refractivity contribution in [2.45, 2.75) is 25.9 Å². The topological polar surface area (TPSA) is 12.0 Å².